The Morgan fingerprint density at radius 2 is 2.16 bits per heavy atom. The van der Waals surface area contributed by atoms with Gasteiger partial charge in [0.1, 0.15) is 5.69 Å². The number of aryl methyl sites for hydroxylation is 1. The summed E-state index contributed by atoms with van der Waals surface area (Å²) < 4.78 is 0. The van der Waals surface area contributed by atoms with Crippen LogP contribution in [0.2, 0.25) is 0 Å². The number of rotatable bonds is 5. The molecule has 100 valence electrons. The molecule has 0 saturated carbocycles. The minimum atomic E-state index is -0.592. The second-order valence-electron chi connectivity index (χ2n) is 4.31. The van der Waals surface area contributed by atoms with Crippen molar-refractivity contribution in [1.82, 2.24) is 10.3 Å². The summed E-state index contributed by atoms with van der Waals surface area (Å²) >= 11 is 1.44. The molecule has 1 atom stereocenters. The average molecular weight is 276 g/mol. The Labute approximate surface area is 116 Å². The predicted molar refractivity (Wildman–Crippen MR) is 75.3 cm³/mol. The van der Waals surface area contributed by atoms with Gasteiger partial charge >= 0.3 is 0 Å². The molecule has 0 bridgehead atoms. The van der Waals surface area contributed by atoms with Gasteiger partial charge in [-0.1, -0.05) is 30.3 Å². The number of aromatic nitrogens is 1. The summed E-state index contributed by atoms with van der Waals surface area (Å²) in [5.74, 6) is -0.239. The summed E-state index contributed by atoms with van der Waals surface area (Å²) in [4.78, 5) is 15.8. The van der Waals surface area contributed by atoms with Crippen molar-refractivity contribution >= 4 is 17.2 Å². The fourth-order valence-electron chi connectivity index (χ4n) is 1.73. The third-order valence-electron chi connectivity index (χ3n) is 2.66. The standard InChI is InChI=1S/C14H16N2O2S/c1-10-16-13(9-19-10)14(18)15-8-12(17)7-11-5-3-2-4-6-11/h2-6,9,12,17H,7-8H2,1H3,(H,15,18). The van der Waals surface area contributed by atoms with Crippen LogP contribution in [0.1, 0.15) is 21.1 Å². The van der Waals surface area contributed by atoms with Gasteiger partial charge in [0.05, 0.1) is 11.1 Å². The molecule has 1 unspecified atom stereocenters. The van der Waals surface area contributed by atoms with Gasteiger partial charge in [-0.2, -0.15) is 0 Å². The molecule has 1 aromatic heterocycles. The second kappa shape index (κ2) is 6.45. The third-order valence-corrected chi connectivity index (χ3v) is 3.44. The largest absolute Gasteiger partial charge is 0.391 e. The van der Waals surface area contributed by atoms with Gasteiger partial charge in [0.25, 0.3) is 5.91 Å². The van der Waals surface area contributed by atoms with Crippen LogP contribution in [0.15, 0.2) is 35.7 Å². The van der Waals surface area contributed by atoms with E-state index >= 15 is 0 Å². The zero-order chi connectivity index (χ0) is 13.7. The zero-order valence-electron chi connectivity index (χ0n) is 10.7. The van der Waals surface area contributed by atoms with Gasteiger partial charge in [0, 0.05) is 18.3 Å². The number of carbonyl (C=O) groups excluding carboxylic acids is 1. The molecule has 5 heteroatoms. The summed E-state index contributed by atoms with van der Waals surface area (Å²) in [6, 6.07) is 9.70. The lowest BCUT2D eigenvalue weighted by atomic mass is 10.1. The van der Waals surface area contributed by atoms with Crippen molar-refractivity contribution in [3.63, 3.8) is 0 Å². The summed E-state index contributed by atoms with van der Waals surface area (Å²) in [5.41, 5.74) is 1.46. The number of nitrogens with one attached hydrogen (secondary N) is 1. The molecule has 2 rings (SSSR count). The first kappa shape index (κ1) is 13.7. The monoisotopic (exact) mass is 276 g/mol. The van der Waals surface area contributed by atoms with E-state index in [1.807, 2.05) is 37.3 Å². The first-order chi connectivity index (χ1) is 9.15. The van der Waals surface area contributed by atoms with Gasteiger partial charge in [-0.05, 0) is 12.5 Å². The van der Waals surface area contributed by atoms with Crippen LogP contribution in [-0.4, -0.2) is 28.6 Å². The molecule has 2 N–H and O–H groups in total. The molecule has 2 aromatic rings. The van der Waals surface area contributed by atoms with Gasteiger partial charge < -0.3 is 10.4 Å². The van der Waals surface area contributed by atoms with Crippen LogP contribution in [0.4, 0.5) is 0 Å². The molecule has 0 spiro atoms. The molecule has 1 heterocycles. The fourth-order valence-corrected chi connectivity index (χ4v) is 2.32. The van der Waals surface area contributed by atoms with Crippen molar-refractivity contribution in [3.05, 3.63) is 52.0 Å². The van der Waals surface area contributed by atoms with Gasteiger partial charge in [0.2, 0.25) is 0 Å². The second-order valence-corrected chi connectivity index (χ2v) is 5.37. The van der Waals surface area contributed by atoms with Crippen LogP contribution in [0.3, 0.4) is 0 Å². The van der Waals surface area contributed by atoms with E-state index < -0.39 is 6.10 Å². The van der Waals surface area contributed by atoms with Gasteiger partial charge in [-0.3, -0.25) is 4.79 Å². The Morgan fingerprint density at radius 3 is 2.79 bits per heavy atom. The molecule has 0 aliphatic carbocycles. The van der Waals surface area contributed by atoms with Crippen LogP contribution < -0.4 is 5.32 Å². The summed E-state index contributed by atoms with van der Waals surface area (Å²) in [6.07, 6.45) is -0.0666. The van der Waals surface area contributed by atoms with Crippen LogP contribution >= 0.6 is 11.3 Å². The van der Waals surface area contributed by atoms with Gasteiger partial charge in [-0.25, -0.2) is 4.98 Å². The van der Waals surface area contributed by atoms with Crippen molar-refractivity contribution in [2.24, 2.45) is 0 Å². The van der Waals surface area contributed by atoms with E-state index in [1.165, 1.54) is 11.3 Å². The van der Waals surface area contributed by atoms with Crippen LogP contribution in [0, 0.1) is 6.92 Å². The first-order valence-electron chi connectivity index (χ1n) is 6.07. The number of aliphatic hydroxyl groups excluding tert-OH is 1. The first-order valence-corrected chi connectivity index (χ1v) is 6.95. The Kier molecular flexibility index (Phi) is 4.65. The third kappa shape index (κ3) is 4.15. The normalized spacial score (nSPS) is 12.1. The summed E-state index contributed by atoms with van der Waals surface area (Å²) in [7, 11) is 0. The van der Waals surface area contributed by atoms with Crippen molar-refractivity contribution < 1.29 is 9.90 Å². The molecule has 0 radical (unpaired) electrons. The zero-order valence-corrected chi connectivity index (χ0v) is 11.5. The highest BCUT2D eigenvalue weighted by molar-refractivity contribution is 7.09. The molecule has 0 aliphatic rings. The highest BCUT2D eigenvalue weighted by Crippen LogP contribution is 2.07. The SMILES string of the molecule is Cc1nc(C(=O)NCC(O)Cc2ccccc2)cs1. The van der Waals surface area contributed by atoms with Crippen LogP contribution in [-0.2, 0) is 6.42 Å². The Bertz CT molecular complexity index is 539. The number of amides is 1. The fraction of sp³-hybridized carbons (Fsp3) is 0.286. The molecule has 0 aliphatic heterocycles. The molecule has 19 heavy (non-hydrogen) atoms. The number of nitrogens with zero attached hydrogens (tertiary/aromatic N) is 1. The Morgan fingerprint density at radius 1 is 1.42 bits per heavy atom. The van der Waals surface area contributed by atoms with E-state index in [2.05, 4.69) is 10.3 Å². The number of hydrogen-bond acceptors (Lipinski definition) is 4. The summed E-state index contributed by atoms with van der Waals surface area (Å²) in [6.45, 7) is 2.08. The van der Waals surface area contributed by atoms with Crippen LogP contribution in [0.5, 0.6) is 0 Å². The van der Waals surface area contributed by atoms with E-state index in [0.29, 0.717) is 12.1 Å². The molecule has 0 fully saturated rings. The van der Waals surface area contributed by atoms with E-state index in [1.54, 1.807) is 5.38 Å². The molecular formula is C14H16N2O2S. The Hall–Kier alpha value is -1.72. The number of benzene rings is 1. The maximum atomic E-state index is 11.7. The molecule has 1 amide bonds. The maximum Gasteiger partial charge on any atom is 0.270 e. The van der Waals surface area contributed by atoms with Gasteiger partial charge in [-0.15, -0.1) is 11.3 Å². The molecule has 0 saturated heterocycles. The average Bonchev–Trinajstić information content (AvgIpc) is 2.84. The lowest BCUT2D eigenvalue weighted by Crippen LogP contribution is -2.33. The number of thiazole rings is 1. The minimum Gasteiger partial charge on any atom is -0.391 e. The Balaban J connectivity index is 1.80. The summed E-state index contributed by atoms with van der Waals surface area (Å²) in [5, 5.41) is 15.1. The molecule has 1 aromatic carbocycles. The van der Waals surface area contributed by atoms with E-state index in [-0.39, 0.29) is 12.5 Å². The number of aliphatic hydroxyl groups is 1. The topological polar surface area (TPSA) is 62.2 Å². The van der Waals surface area contributed by atoms with Crippen molar-refractivity contribution in [2.75, 3.05) is 6.54 Å². The van der Waals surface area contributed by atoms with Crippen molar-refractivity contribution in [1.29, 1.82) is 0 Å². The lowest BCUT2D eigenvalue weighted by Gasteiger charge is -2.11. The molecule has 4 nitrogen and oxygen atoms in total. The highest BCUT2D eigenvalue weighted by Gasteiger charge is 2.11. The minimum absolute atomic E-state index is 0.226. The quantitative estimate of drug-likeness (QED) is 0.875. The van der Waals surface area contributed by atoms with Crippen LogP contribution in [0.25, 0.3) is 0 Å². The van der Waals surface area contributed by atoms with Crippen molar-refractivity contribution in [2.45, 2.75) is 19.4 Å². The van der Waals surface area contributed by atoms with Gasteiger partial charge in [0.15, 0.2) is 0 Å². The van der Waals surface area contributed by atoms with E-state index in [9.17, 15) is 9.90 Å². The molecular weight excluding hydrogens is 260 g/mol. The smallest absolute Gasteiger partial charge is 0.270 e. The predicted octanol–water partition coefficient (Wildman–Crippen LogP) is 1.78. The van der Waals surface area contributed by atoms with Crippen molar-refractivity contribution in [3.8, 4) is 0 Å². The maximum absolute atomic E-state index is 11.7. The van der Waals surface area contributed by atoms with E-state index in [0.717, 1.165) is 10.6 Å². The lowest BCUT2D eigenvalue weighted by molar-refractivity contribution is 0.0911. The number of hydrogen-bond donors (Lipinski definition) is 2. The van der Waals surface area contributed by atoms with E-state index in [4.69, 9.17) is 0 Å². The highest BCUT2D eigenvalue weighted by atomic mass is 32.1. The number of carbonyl (C=O) groups is 1.